The summed E-state index contributed by atoms with van der Waals surface area (Å²) in [5.41, 5.74) is 16.6. The van der Waals surface area contributed by atoms with Gasteiger partial charge in [-0.3, -0.25) is 19.9 Å². The van der Waals surface area contributed by atoms with E-state index in [0.29, 0.717) is 0 Å². The van der Waals surface area contributed by atoms with Crippen molar-refractivity contribution in [3.8, 4) is 50.6 Å². The average Bonchev–Trinajstić information content (AvgIpc) is 3.88. The molecule has 0 aliphatic heterocycles. The normalized spacial score (nSPS) is 12.9. The van der Waals surface area contributed by atoms with Crippen molar-refractivity contribution in [2.24, 2.45) is 0 Å². The van der Waals surface area contributed by atoms with E-state index in [2.05, 4.69) is 150 Å². The Labute approximate surface area is 362 Å². The van der Waals surface area contributed by atoms with Crippen molar-refractivity contribution in [3.05, 3.63) is 212 Å². The molecule has 6 heterocycles. The van der Waals surface area contributed by atoms with Gasteiger partial charge in [-0.15, -0.1) is 11.3 Å². The van der Waals surface area contributed by atoms with E-state index < -0.39 is 0 Å². The van der Waals surface area contributed by atoms with Crippen LogP contribution in [0.4, 0.5) is 0 Å². The number of hydrogen-bond acceptors (Lipinski definition) is 5. The van der Waals surface area contributed by atoms with Crippen LogP contribution in [0.1, 0.15) is 24.1 Å². The van der Waals surface area contributed by atoms with E-state index in [1.54, 1.807) is 0 Å². The van der Waals surface area contributed by atoms with Gasteiger partial charge in [-0.1, -0.05) is 72.8 Å². The number of thiophene rings is 1. The lowest BCUT2D eigenvalue weighted by Crippen LogP contribution is -1.97. The molecule has 0 saturated carbocycles. The first-order valence-electron chi connectivity index (χ1n) is 21.0. The molecule has 5 aromatic carbocycles. The summed E-state index contributed by atoms with van der Waals surface area (Å²) in [5.74, 6) is 0. The minimum atomic E-state index is 0.929. The molecular formula is C56H37N5S. The molecule has 6 heteroatoms. The van der Waals surface area contributed by atoms with Gasteiger partial charge in [0.2, 0.25) is 0 Å². The summed E-state index contributed by atoms with van der Waals surface area (Å²) in [7, 11) is 0. The number of fused-ring (bicyclic) bond motifs is 6. The predicted molar refractivity (Wildman–Crippen MR) is 258 cm³/mol. The highest BCUT2D eigenvalue weighted by atomic mass is 32.1. The fourth-order valence-electron chi connectivity index (χ4n) is 9.28. The molecular weight excluding hydrogens is 775 g/mol. The number of benzene rings is 5. The van der Waals surface area contributed by atoms with Crippen LogP contribution in [0.25, 0.3) is 104 Å². The third-order valence-corrected chi connectivity index (χ3v) is 13.3. The van der Waals surface area contributed by atoms with Gasteiger partial charge in [0.25, 0.3) is 0 Å². The van der Waals surface area contributed by atoms with Crippen LogP contribution in [0, 0.1) is 0 Å². The maximum absolute atomic E-state index is 4.80. The molecule has 0 saturated heterocycles. The molecule has 5 nitrogen and oxygen atoms in total. The Morgan fingerprint density at radius 2 is 0.984 bits per heavy atom. The first-order valence-corrected chi connectivity index (χ1v) is 21.8. The number of aromatic nitrogens is 5. The fraction of sp³-hybridized carbons (Fsp3) is 0.0357. The number of rotatable bonds is 7. The standard InChI is InChI=1S/C56H37N5S/c1-3-15-41(49-17-5-9-27-57-49)39(13-1)36-21-24-53-45(31-36)46-32-37(40-14-2-4-16-42(40)50-18-6-10-28-58-50)22-25-54(46)61(53)38-23-26-55-47(33-38)48-34-43(51-19-7-11-29-59-51)44(35-56(48)62-55)52-20-8-12-30-60-52/h1-3,5-15,17-35H,4,16H2. The van der Waals surface area contributed by atoms with E-state index in [9.17, 15) is 0 Å². The highest BCUT2D eigenvalue weighted by Gasteiger charge is 2.21. The van der Waals surface area contributed by atoms with E-state index in [1.165, 1.54) is 47.7 Å². The summed E-state index contributed by atoms with van der Waals surface area (Å²) in [6.07, 6.45) is 14.0. The highest BCUT2D eigenvalue weighted by molar-refractivity contribution is 7.25. The van der Waals surface area contributed by atoms with Crippen molar-refractivity contribution < 1.29 is 0 Å². The second kappa shape index (κ2) is 15.0. The third-order valence-electron chi connectivity index (χ3n) is 12.1. The Bertz CT molecular complexity index is 3550. The van der Waals surface area contributed by atoms with E-state index in [0.717, 1.165) is 80.2 Å². The van der Waals surface area contributed by atoms with Gasteiger partial charge >= 0.3 is 0 Å². The third kappa shape index (κ3) is 6.15. The molecule has 0 amide bonds. The summed E-state index contributed by atoms with van der Waals surface area (Å²) >= 11 is 1.82. The number of pyridine rings is 4. The van der Waals surface area contributed by atoms with Gasteiger partial charge in [0.1, 0.15) is 0 Å². The minimum Gasteiger partial charge on any atom is -0.309 e. The number of allylic oxidation sites excluding steroid dienone is 4. The van der Waals surface area contributed by atoms with Crippen molar-refractivity contribution >= 4 is 64.5 Å². The molecule has 6 aromatic heterocycles. The topological polar surface area (TPSA) is 56.5 Å². The van der Waals surface area contributed by atoms with E-state index in [4.69, 9.17) is 19.9 Å². The molecule has 0 unspecified atom stereocenters. The van der Waals surface area contributed by atoms with Crippen LogP contribution in [0.3, 0.4) is 0 Å². The molecule has 0 radical (unpaired) electrons. The van der Waals surface area contributed by atoms with Crippen LogP contribution >= 0.6 is 11.3 Å². The van der Waals surface area contributed by atoms with Crippen LogP contribution in [0.2, 0.25) is 0 Å². The second-order valence-corrected chi connectivity index (χ2v) is 16.8. The molecule has 11 aromatic rings. The van der Waals surface area contributed by atoms with Gasteiger partial charge in [-0.25, -0.2) is 0 Å². The molecule has 0 bridgehead atoms. The van der Waals surface area contributed by atoms with E-state index in [1.807, 2.05) is 66.5 Å². The average molecular weight is 812 g/mol. The molecule has 0 spiro atoms. The molecule has 1 aliphatic carbocycles. The Balaban J connectivity index is 1.09. The summed E-state index contributed by atoms with van der Waals surface area (Å²) in [4.78, 5) is 19.1. The van der Waals surface area contributed by atoms with Crippen molar-refractivity contribution in [3.63, 3.8) is 0 Å². The molecule has 62 heavy (non-hydrogen) atoms. The van der Waals surface area contributed by atoms with Gasteiger partial charge < -0.3 is 4.57 Å². The second-order valence-electron chi connectivity index (χ2n) is 15.7. The molecule has 292 valence electrons. The molecule has 0 fully saturated rings. The minimum absolute atomic E-state index is 0.929. The Hall–Kier alpha value is -7.80. The lowest BCUT2D eigenvalue weighted by atomic mass is 9.89. The van der Waals surface area contributed by atoms with Crippen molar-refractivity contribution in [2.45, 2.75) is 12.8 Å². The lowest BCUT2D eigenvalue weighted by Gasteiger charge is -2.16. The van der Waals surface area contributed by atoms with Gasteiger partial charge in [0.05, 0.1) is 33.8 Å². The monoisotopic (exact) mass is 811 g/mol. The number of hydrogen-bond donors (Lipinski definition) is 0. The zero-order chi connectivity index (χ0) is 41.0. The Morgan fingerprint density at radius 1 is 0.419 bits per heavy atom. The molecule has 0 atom stereocenters. The first kappa shape index (κ1) is 36.1. The summed E-state index contributed by atoms with van der Waals surface area (Å²) in [5, 5.41) is 4.83. The van der Waals surface area contributed by atoms with Crippen LogP contribution in [0.5, 0.6) is 0 Å². The SMILES string of the molecule is C1=CC(c2ccc3c(c2)c2cc(-c4ccccc4-c4ccccn4)ccc2n3-c2ccc3sc4cc(-c5ccccn5)c(-c5ccccn5)cc4c3c2)=C(c2ccccn2)CC1. The smallest absolute Gasteiger partial charge is 0.0709 e. The van der Waals surface area contributed by atoms with Gasteiger partial charge in [0.15, 0.2) is 0 Å². The predicted octanol–water partition coefficient (Wildman–Crippen LogP) is 14.7. The van der Waals surface area contributed by atoms with Crippen LogP contribution in [-0.2, 0) is 0 Å². The molecule has 12 rings (SSSR count). The van der Waals surface area contributed by atoms with Crippen molar-refractivity contribution in [2.75, 3.05) is 0 Å². The first-order chi connectivity index (χ1) is 30.7. The largest absolute Gasteiger partial charge is 0.309 e. The van der Waals surface area contributed by atoms with E-state index >= 15 is 0 Å². The summed E-state index contributed by atoms with van der Waals surface area (Å²) in [6.45, 7) is 0. The zero-order valence-corrected chi connectivity index (χ0v) is 34.4. The maximum atomic E-state index is 4.80. The van der Waals surface area contributed by atoms with Crippen molar-refractivity contribution in [1.82, 2.24) is 24.5 Å². The van der Waals surface area contributed by atoms with Gasteiger partial charge in [0, 0.05) is 78.1 Å². The Morgan fingerprint density at radius 3 is 1.65 bits per heavy atom. The van der Waals surface area contributed by atoms with E-state index in [-0.39, 0.29) is 0 Å². The van der Waals surface area contributed by atoms with Gasteiger partial charge in [-0.05, 0) is 144 Å². The molecule has 0 N–H and O–H groups in total. The summed E-state index contributed by atoms with van der Waals surface area (Å²) < 4.78 is 4.90. The molecule has 1 aliphatic rings. The number of nitrogens with zero attached hydrogens (tertiary/aromatic N) is 5. The highest BCUT2D eigenvalue weighted by Crippen LogP contribution is 2.44. The van der Waals surface area contributed by atoms with Crippen LogP contribution in [0.15, 0.2) is 201 Å². The van der Waals surface area contributed by atoms with Crippen molar-refractivity contribution in [1.29, 1.82) is 0 Å². The maximum Gasteiger partial charge on any atom is 0.0709 e. The zero-order valence-electron chi connectivity index (χ0n) is 33.6. The van der Waals surface area contributed by atoms with Crippen LogP contribution in [-0.4, -0.2) is 24.5 Å². The Kier molecular flexibility index (Phi) is 8.75. The summed E-state index contributed by atoms with van der Waals surface area (Å²) in [6, 6.07) is 58.6. The lowest BCUT2D eigenvalue weighted by molar-refractivity contribution is 1.04. The quantitative estimate of drug-likeness (QED) is 0.161. The van der Waals surface area contributed by atoms with Gasteiger partial charge in [-0.2, -0.15) is 0 Å². The van der Waals surface area contributed by atoms with Crippen LogP contribution < -0.4 is 0 Å². The fourth-order valence-corrected chi connectivity index (χ4v) is 10.4.